The molecule has 4 N–H and O–H groups in total. The number of anilines is 1. The summed E-state index contributed by atoms with van der Waals surface area (Å²) in [4.78, 5) is 12.6. The lowest BCUT2D eigenvalue weighted by Gasteiger charge is -2.34. The van der Waals surface area contributed by atoms with Crippen LogP contribution in [-0.2, 0) is 4.79 Å². The summed E-state index contributed by atoms with van der Waals surface area (Å²) in [5, 5.41) is 14.6. The van der Waals surface area contributed by atoms with Gasteiger partial charge in [-0.3, -0.25) is 4.79 Å². The zero-order chi connectivity index (χ0) is 15.5. The fraction of sp³-hybridized carbons (Fsp3) is 0.467. The summed E-state index contributed by atoms with van der Waals surface area (Å²) in [6.07, 6.45) is 3.65. The van der Waals surface area contributed by atoms with Crippen molar-refractivity contribution in [3.63, 3.8) is 0 Å². The van der Waals surface area contributed by atoms with Gasteiger partial charge in [-0.05, 0) is 37.5 Å². The maximum Gasteiger partial charge on any atom is 0.238 e. The highest BCUT2D eigenvalue weighted by molar-refractivity contribution is 6.12. The average Bonchev–Trinajstić information content (AvgIpc) is 2.50. The molecule has 0 radical (unpaired) electrons. The van der Waals surface area contributed by atoms with E-state index in [1.54, 1.807) is 12.1 Å². The van der Waals surface area contributed by atoms with Crippen LogP contribution in [0.4, 0.5) is 10.1 Å². The Labute approximate surface area is 123 Å². The Morgan fingerprint density at radius 1 is 1.38 bits per heavy atom. The minimum absolute atomic E-state index is 0.104. The number of nitrogens with zero attached hydrogens (tertiary/aromatic N) is 1. The van der Waals surface area contributed by atoms with Crippen molar-refractivity contribution < 1.29 is 14.4 Å². The molecule has 0 heterocycles. The largest absolute Gasteiger partial charge is 0.409 e. The molecule has 0 unspecified atom stereocenters. The summed E-state index contributed by atoms with van der Waals surface area (Å²) in [5.74, 6) is -1.02. The van der Waals surface area contributed by atoms with Gasteiger partial charge in [0.2, 0.25) is 5.91 Å². The Morgan fingerprint density at radius 3 is 2.67 bits per heavy atom. The molecule has 114 valence electrons. The molecule has 1 fully saturated rings. The van der Waals surface area contributed by atoms with Crippen molar-refractivity contribution in [2.24, 2.45) is 16.3 Å². The number of amidine groups is 1. The van der Waals surface area contributed by atoms with E-state index in [1.807, 2.05) is 6.92 Å². The third kappa shape index (κ3) is 2.99. The van der Waals surface area contributed by atoms with Crippen molar-refractivity contribution in [3.05, 3.63) is 29.6 Å². The molecule has 5 nitrogen and oxygen atoms in total. The number of carbonyl (C=O) groups is 1. The standard InChI is InChI=1S/C15H20FN3O2/c1-10-5-6-11(16)12(9-10)18-14(20)15(13(17)19-21)7-3-2-4-8-15/h5-6,9,21H,2-4,7-8H2,1H3,(H2,17,19)(H,18,20). The maximum absolute atomic E-state index is 13.8. The summed E-state index contributed by atoms with van der Waals surface area (Å²) in [5.41, 5.74) is 5.66. The number of hydrogen-bond donors (Lipinski definition) is 3. The van der Waals surface area contributed by atoms with Gasteiger partial charge in [-0.25, -0.2) is 4.39 Å². The van der Waals surface area contributed by atoms with Gasteiger partial charge in [0.25, 0.3) is 0 Å². The number of nitrogens with two attached hydrogens (primary N) is 1. The Hall–Kier alpha value is -2.11. The molecule has 0 atom stereocenters. The minimum atomic E-state index is -1.05. The monoisotopic (exact) mass is 293 g/mol. The van der Waals surface area contributed by atoms with E-state index >= 15 is 0 Å². The molecule has 0 aromatic heterocycles. The van der Waals surface area contributed by atoms with Gasteiger partial charge in [-0.2, -0.15) is 0 Å². The first-order chi connectivity index (χ1) is 9.99. The predicted molar refractivity (Wildman–Crippen MR) is 78.7 cm³/mol. The van der Waals surface area contributed by atoms with Gasteiger partial charge in [-0.15, -0.1) is 0 Å². The zero-order valence-electron chi connectivity index (χ0n) is 12.0. The summed E-state index contributed by atoms with van der Waals surface area (Å²) >= 11 is 0. The highest BCUT2D eigenvalue weighted by Crippen LogP contribution is 2.38. The van der Waals surface area contributed by atoms with Crippen molar-refractivity contribution in [1.29, 1.82) is 0 Å². The third-order valence-electron chi connectivity index (χ3n) is 4.11. The van der Waals surface area contributed by atoms with E-state index in [-0.39, 0.29) is 11.5 Å². The van der Waals surface area contributed by atoms with Gasteiger partial charge < -0.3 is 16.3 Å². The van der Waals surface area contributed by atoms with E-state index in [4.69, 9.17) is 10.9 Å². The first kappa shape index (κ1) is 15.3. The number of amides is 1. The highest BCUT2D eigenvalue weighted by atomic mass is 19.1. The first-order valence-corrected chi connectivity index (χ1v) is 7.05. The molecule has 1 amide bonds. The number of aryl methyl sites for hydroxylation is 1. The van der Waals surface area contributed by atoms with Crippen molar-refractivity contribution in [2.75, 3.05) is 5.32 Å². The normalized spacial score (nSPS) is 18.3. The van der Waals surface area contributed by atoms with Gasteiger partial charge >= 0.3 is 0 Å². The SMILES string of the molecule is Cc1ccc(F)c(NC(=O)C2(C(N)=NO)CCCCC2)c1. The number of carbonyl (C=O) groups excluding carboxylic acids is 1. The molecular weight excluding hydrogens is 273 g/mol. The molecular formula is C15H20FN3O2. The number of benzene rings is 1. The smallest absolute Gasteiger partial charge is 0.238 e. The van der Waals surface area contributed by atoms with Crippen molar-refractivity contribution >= 4 is 17.4 Å². The predicted octanol–water partition coefficient (Wildman–Crippen LogP) is 2.77. The summed E-state index contributed by atoms with van der Waals surface area (Å²) < 4.78 is 13.8. The Balaban J connectivity index is 2.29. The van der Waals surface area contributed by atoms with Crippen LogP contribution in [0.1, 0.15) is 37.7 Å². The fourth-order valence-corrected chi connectivity index (χ4v) is 2.83. The Morgan fingerprint density at radius 2 is 2.05 bits per heavy atom. The van der Waals surface area contributed by atoms with Crippen LogP contribution in [0.3, 0.4) is 0 Å². The van der Waals surface area contributed by atoms with E-state index in [2.05, 4.69) is 10.5 Å². The van der Waals surface area contributed by atoms with Crippen LogP contribution < -0.4 is 11.1 Å². The number of oxime groups is 1. The Kier molecular flexibility index (Phi) is 4.45. The molecule has 6 heteroatoms. The van der Waals surface area contributed by atoms with Crippen LogP contribution in [0.25, 0.3) is 0 Å². The van der Waals surface area contributed by atoms with Gasteiger partial charge in [0.1, 0.15) is 11.2 Å². The molecule has 0 saturated heterocycles. The number of rotatable bonds is 3. The van der Waals surface area contributed by atoms with Crippen LogP contribution in [0.15, 0.2) is 23.4 Å². The van der Waals surface area contributed by atoms with Gasteiger partial charge in [0.15, 0.2) is 5.84 Å². The van der Waals surface area contributed by atoms with E-state index in [9.17, 15) is 9.18 Å². The lowest BCUT2D eigenvalue weighted by molar-refractivity contribution is -0.123. The van der Waals surface area contributed by atoms with E-state index in [0.717, 1.165) is 24.8 Å². The average molecular weight is 293 g/mol. The van der Waals surface area contributed by atoms with Crippen molar-refractivity contribution in [1.82, 2.24) is 0 Å². The second-order valence-electron chi connectivity index (χ2n) is 5.57. The summed E-state index contributed by atoms with van der Waals surface area (Å²) in [7, 11) is 0. The number of halogens is 1. The molecule has 1 aliphatic rings. The van der Waals surface area contributed by atoms with Gasteiger partial charge in [-0.1, -0.05) is 30.5 Å². The summed E-state index contributed by atoms with van der Waals surface area (Å²) in [6, 6.07) is 4.50. The topological polar surface area (TPSA) is 87.7 Å². The number of hydrogen-bond acceptors (Lipinski definition) is 3. The van der Waals surface area contributed by atoms with E-state index in [0.29, 0.717) is 12.8 Å². The second-order valence-corrected chi connectivity index (χ2v) is 5.57. The summed E-state index contributed by atoms with van der Waals surface area (Å²) in [6.45, 7) is 1.81. The quantitative estimate of drug-likeness (QED) is 0.346. The highest BCUT2D eigenvalue weighted by Gasteiger charge is 2.44. The molecule has 1 aliphatic carbocycles. The number of nitrogens with one attached hydrogen (secondary N) is 1. The van der Waals surface area contributed by atoms with E-state index in [1.165, 1.54) is 6.07 Å². The lowest BCUT2D eigenvalue weighted by Crippen LogP contribution is -2.48. The van der Waals surface area contributed by atoms with Crippen LogP contribution in [0, 0.1) is 18.2 Å². The molecule has 0 spiro atoms. The second kappa shape index (κ2) is 6.11. The van der Waals surface area contributed by atoms with Crippen molar-refractivity contribution in [3.8, 4) is 0 Å². The van der Waals surface area contributed by atoms with Crippen LogP contribution in [0.5, 0.6) is 0 Å². The molecule has 1 aromatic carbocycles. The third-order valence-corrected chi connectivity index (χ3v) is 4.11. The fourth-order valence-electron chi connectivity index (χ4n) is 2.83. The van der Waals surface area contributed by atoms with Crippen LogP contribution in [0.2, 0.25) is 0 Å². The Bertz CT molecular complexity index is 566. The minimum Gasteiger partial charge on any atom is -0.409 e. The van der Waals surface area contributed by atoms with Crippen LogP contribution >= 0.6 is 0 Å². The molecule has 1 aromatic rings. The molecule has 2 rings (SSSR count). The van der Waals surface area contributed by atoms with E-state index < -0.39 is 17.1 Å². The van der Waals surface area contributed by atoms with Gasteiger partial charge in [0, 0.05) is 0 Å². The molecule has 1 saturated carbocycles. The molecule has 21 heavy (non-hydrogen) atoms. The van der Waals surface area contributed by atoms with Crippen LogP contribution in [-0.4, -0.2) is 17.0 Å². The zero-order valence-corrected chi connectivity index (χ0v) is 12.0. The first-order valence-electron chi connectivity index (χ1n) is 7.05. The molecule has 0 aliphatic heterocycles. The lowest BCUT2D eigenvalue weighted by atomic mass is 9.72. The van der Waals surface area contributed by atoms with Crippen molar-refractivity contribution in [2.45, 2.75) is 39.0 Å². The van der Waals surface area contributed by atoms with Gasteiger partial charge in [0.05, 0.1) is 5.69 Å². The molecule has 0 bridgehead atoms. The maximum atomic E-state index is 13.8.